The van der Waals surface area contributed by atoms with Crippen molar-refractivity contribution in [2.75, 3.05) is 0 Å². The smallest absolute Gasteiger partial charge is 0.325 e. The van der Waals surface area contributed by atoms with Crippen LogP contribution >= 0.6 is 0 Å². The van der Waals surface area contributed by atoms with E-state index in [-0.39, 0.29) is 9.81 Å². The van der Waals surface area contributed by atoms with Crippen molar-refractivity contribution >= 4 is 35.1 Å². The standard InChI is InChI=1S/C16H14O9S/c17-11(18)15(12(19)20)5-1-9(2-6-15)26(25)10-3-7-16(8-4-10,13(21)22)14(23)24/h1-5,7H,6,8H2,(H,17,18)(H,19,20)(H,21,22)(H,23,24). The van der Waals surface area contributed by atoms with Gasteiger partial charge in [0.2, 0.25) is 0 Å². The summed E-state index contributed by atoms with van der Waals surface area (Å²) in [5, 5.41) is 36.5. The zero-order valence-corrected chi connectivity index (χ0v) is 13.9. The number of rotatable bonds is 6. The maximum absolute atomic E-state index is 12.5. The summed E-state index contributed by atoms with van der Waals surface area (Å²) in [6.07, 6.45) is 5.79. The van der Waals surface area contributed by atoms with Gasteiger partial charge in [-0.1, -0.05) is 12.2 Å². The second-order valence-corrected chi connectivity index (χ2v) is 7.20. The molecule has 2 rings (SSSR count). The third-order valence-electron chi connectivity index (χ3n) is 4.27. The van der Waals surface area contributed by atoms with Crippen LogP contribution in [0.15, 0.2) is 46.3 Å². The highest BCUT2D eigenvalue weighted by Crippen LogP contribution is 2.37. The topological polar surface area (TPSA) is 172 Å². The number of aliphatic carboxylic acids is 4. The summed E-state index contributed by atoms with van der Waals surface area (Å²) in [6.45, 7) is 0. The minimum Gasteiger partial charge on any atom is -0.606 e. The van der Waals surface area contributed by atoms with Crippen LogP contribution in [0.25, 0.3) is 0 Å². The Bertz CT molecular complexity index is 709. The third kappa shape index (κ3) is 3.04. The molecule has 2 aliphatic rings. The number of carbonyl (C=O) groups is 4. The van der Waals surface area contributed by atoms with Crippen molar-refractivity contribution in [1.82, 2.24) is 0 Å². The molecule has 26 heavy (non-hydrogen) atoms. The first-order valence-electron chi connectivity index (χ1n) is 7.21. The molecule has 0 radical (unpaired) electrons. The summed E-state index contributed by atoms with van der Waals surface area (Å²) in [7, 11) is 0. The summed E-state index contributed by atoms with van der Waals surface area (Å²) in [4.78, 5) is 45.2. The maximum Gasteiger partial charge on any atom is 0.325 e. The maximum atomic E-state index is 12.5. The van der Waals surface area contributed by atoms with Crippen molar-refractivity contribution < 1.29 is 44.2 Å². The van der Waals surface area contributed by atoms with Crippen LogP contribution in [0.5, 0.6) is 0 Å². The molecule has 0 aliphatic heterocycles. The normalized spacial score (nSPS) is 20.2. The zero-order valence-electron chi connectivity index (χ0n) is 13.1. The Hall–Kier alpha value is -2.85. The molecule has 0 saturated heterocycles. The Morgan fingerprint density at radius 3 is 1.27 bits per heavy atom. The van der Waals surface area contributed by atoms with Crippen molar-refractivity contribution in [2.45, 2.75) is 12.8 Å². The van der Waals surface area contributed by atoms with Gasteiger partial charge in [-0.2, -0.15) is 0 Å². The third-order valence-corrected chi connectivity index (χ3v) is 5.73. The van der Waals surface area contributed by atoms with E-state index in [0.717, 1.165) is 24.3 Å². The number of allylic oxidation sites excluding steroid dienone is 4. The molecule has 2 aliphatic carbocycles. The van der Waals surface area contributed by atoms with E-state index in [1.54, 1.807) is 0 Å². The quantitative estimate of drug-likeness (QED) is 0.381. The molecular weight excluding hydrogens is 368 g/mol. The van der Waals surface area contributed by atoms with Crippen LogP contribution in [0.1, 0.15) is 12.8 Å². The van der Waals surface area contributed by atoms with Crippen LogP contribution in [-0.2, 0) is 30.4 Å². The Balaban J connectivity index is 2.22. The Morgan fingerprint density at radius 2 is 1.08 bits per heavy atom. The number of hydrogen-bond donors (Lipinski definition) is 4. The molecule has 0 saturated carbocycles. The molecule has 0 unspecified atom stereocenters. The highest BCUT2D eigenvalue weighted by atomic mass is 32.2. The van der Waals surface area contributed by atoms with E-state index >= 15 is 0 Å². The number of carboxylic acid groups (broad SMARTS) is 4. The van der Waals surface area contributed by atoms with E-state index < -0.39 is 58.7 Å². The molecule has 10 heteroatoms. The van der Waals surface area contributed by atoms with Gasteiger partial charge in [-0.05, 0) is 24.3 Å². The fraction of sp³-hybridized carbons (Fsp3) is 0.250. The first-order chi connectivity index (χ1) is 12.1. The van der Waals surface area contributed by atoms with Gasteiger partial charge >= 0.3 is 23.9 Å². The lowest BCUT2D eigenvalue weighted by atomic mass is 9.82. The summed E-state index contributed by atoms with van der Waals surface area (Å²) in [5.74, 6) is -6.20. The van der Waals surface area contributed by atoms with Crippen LogP contribution in [0.4, 0.5) is 0 Å². The van der Waals surface area contributed by atoms with Gasteiger partial charge in [0, 0.05) is 24.0 Å². The average Bonchev–Trinajstić information content (AvgIpc) is 2.60. The number of hydrogen-bond acceptors (Lipinski definition) is 5. The van der Waals surface area contributed by atoms with Crippen LogP contribution in [0.2, 0.25) is 0 Å². The first kappa shape index (κ1) is 19.5. The van der Waals surface area contributed by atoms with Crippen LogP contribution in [-0.4, -0.2) is 48.9 Å². The lowest BCUT2D eigenvalue weighted by Crippen LogP contribution is -2.39. The summed E-state index contributed by atoms with van der Waals surface area (Å²) in [6, 6.07) is 0. The molecule has 0 amide bonds. The summed E-state index contributed by atoms with van der Waals surface area (Å²) < 4.78 is 12.5. The first-order valence-corrected chi connectivity index (χ1v) is 8.36. The predicted octanol–water partition coefficient (Wildman–Crippen LogP) is 0.734. The van der Waals surface area contributed by atoms with Crippen LogP contribution in [0, 0.1) is 10.8 Å². The molecule has 0 atom stereocenters. The molecule has 0 fully saturated rings. The molecule has 0 aromatic carbocycles. The Kier molecular flexibility index (Phi) is 5.10. The van der Waals surface area contributed by atoms with Crippen molar-refractivity contribution in [3.05, 3.63) is 46.3 Å². The number of carboxylic acids is 4. The van der Waals surface area contributed by atoms with Crippen LogP contribution < -0.4 is 0 Å². The van der Waals surface area contributed by atoms with Gasteiger partial charge in [-0.25, -0.2) is 0 Å². The van der Waals surface area contributed by atoms with Crippen LogP contribution in [0.3, 0.4) is 0 Å². The largest absolute Gasteiger partial charge is 0.606 e. The minimum absolute atomic E-state index is 0.150. The van der Waals surface area contributed by atoms with Gasteiger partial charge in [-0.3, -0.25) is 19.2 Å². The Morgan fingerprint density at radius 1 is 0.769 bits per heavy atom. The van der Waals surface area contributed by atoms with E-state index in [9.17, 15) is 23.7 Å². The summed E-state index contributed by atoms with van der Waals surface area (Å²) >= 11 is -1.84. The van der Waals surface area contributed by atoms with E-state index in [0.29, 0.717) is 0 Å². The molecule has 0 bridgehead atoms. The molecule has 9 nitrogen and oxygen atoms in total. The van der Waals surface area contributed by atoms with E-state index in [1.165, 1.54) is 12.2 Å². The SMILES string of the molecule is O=C(O)C1(C(=O)O)C=CC([S+]([O-])C2=CCC(C(=O)O)(C(=O)O)C=C2)=CC1. The monoisotopic (exact) mass is 382 g/mol. The van der Waals surface area contributed by atoms with Crippen molar-refractivity contribution in [1.29, 1.82) is 0 Å². The fourth-order valence-electron chi connectivity index (χ4n) is 2.47. The lowest BCUT2D eigenvalue weighted by molar-refractivity contribution is -0.162. The summed E-state index contributed by atoms with van der Waals surface area (Å²) in [5.41, 5.74) is -4.27. The van der Waals surface area contributed by atoms with Gasteiger partial charge < -0.3 is 25.0 Å². The lowest BCUT2D eigenvalue weighted by Gasteiger charge is -2.25. The molecule has 4 N–H and O–H groups in total. The van der Waals surface area contributed by atoms with Gasteiger partial charge in [0.1, 0.15) is 0 Å². The van der Waals surface area contributed by atoms with Crippen molar-refractivity contribution in [2.24, 2.45) is 10.8 Å². The predicted molar refractivity (Wildman–Crippen MR) is 87.2 cm³/mol. The highest BCUT2D eigenvalue weighted by Gasteiger charge is 2.47. The highest BCUT2D eigenvalue weighted by molar-refractivity contribution is 7.99. The Labute approximate surface area is 149 Å². The zero-order chi connectivity index (χ0) is 19.7. The molecule has 0 spiro atoms. The van der Waals surface area contributed by atoms with Gasteiger partial charge in [-0.15, -0.1) is 0 Å². The fourth-order valence-corrected chi connectivity index (χ4v) is 3.60. The average molecular weight is 382 g/mol. The van der Waals surface area contributed by atoms with Crippen molar-refractivity contribution in [3.8, 4) is 0 Å². The van der Waals surface area contributed by atoms with E-state index in [2.05, 4.69) is 0 Å². The molecule has 138 valence electrons. The molecule has 0 aromatic rings. The second-order valence-electron chi connectivity index (χ2n) is 5.72. The van der Waals surface area contributed by atoms with Gasteiger partial charge in [0.05, 0.1) is 0 Å². The van der Waals surface area contributed by atoms with Gasteiger partial charge in [0.25, 0.3) is 0 Å². The molecule has 0 heterocycles. The van der Waals surface area contributed by atoms with Gasteiger partial charge in [0.15, 0.2) is 20.6 Å². The minimum atomic E-state index is -2.13. The molecular formula is C16H14O9S. The van der Waals surface area contributed by atoms with Crippen molar-refractivity contribution in [3.63, 3.8) is 0 Å². The van der Waals surface area contributed by atoms with E-state index in [4.69, 9.17) is 20.4 Å². The van der Waals surface area contributed by atoms with E-state index in [1.807, 2.05) is 0 Å². The molecule has 0 aromatic heterocycles. The second kappa shape index (κ2) is 6.81.